The van der Waals surface area contributed by atoms with E-state index in [4.69, 9.17) is 9.73 Å². The van der Waals surface area contributed by atoms with E-state index in [1.165, 1.54) is 31.2 Å². The van der Waals surface area contributed by atoms with Crippen molar-refractivity contribution >= 4 is 64.8 Å². The highest BCUT2D eigenvalue weighted by atomic mass is 32.2. The van der Waals surface area contributed by atoms with Gasteiger partial charge in [-0.1, -0.05) is 87.5 Å². The molecular weight excluding hydrogens is 900 g/mol. The molecule has 3 unspecified atom stereocenters. The van der Waals surface area contributed by atoms with Crippen LogP contribution in [0, 0.1) is 29.1 Å². The molecular formula is C51H44F3N5O8S. The molecule has 5 N–H and O–H groups in total. The molecule has 1 aliphatic carbocycles. The van der Waals surface area contributed by atoms with E-state index in [2.05, 4.69) is 28.6 Å². The van der Waals surface area contributed by atoms with Gasteiger partial charge in [-0.25, -0.2) is 19.4 Å². The molecule has 7 rings (SSSR count). The van der Waals surface area contributed by atoms with Crippen LogP contribution >= 0.6 is 11.8 Å². The van der Waals surface area contributed by atoms with Crippen LogP contribution in [0.25, 0.3) is 22.8 Å². The first kappa shape index (κ1) is 48.2. The summed E-state index contributed by atoms with van der Waals surface area (Å²) in [5.74, 6) is -5.15. The Balaban J connectivity index is 1.36. The summed E-state index contributed by atoms with van der Waals surface area (Å²) < 4.78 is 47.7. The van der Waals surface area contributed by atoms with Crippen molar-refractivity contribution in [1.29, 1.82) is 5.26 Å². The average Bonchev–Trinajstić information content (AvgIpc) is 3.83. The predicted molar refractivity (Wildman–Crippen MR) is 250 cm³/mol. The minimum atomic E-state index is -4.74. The number of carbonyl (C=O) groups excluding carboxylic acids is 3. The van der Waals surface area contributed by atoms with Gasteiger partial charge in [0.25, 0.3) is 5.91 Å². The molecule has 0 radical (unpaired) electrons. The second-order valence-corrected chi connectivity index (χ2v) is 18.2. The number of nitrogens with zero attached hydrogens (tertiary/aromatic N) is 2. The zero-order valence-corrected chi connectivity index (χ0v) is 37.8. The lowest BCUT2D eigenvalue weighted by Gasteiger charge is -2.37. The quantitative estimate of drug-likeness (QED) is 0.0590. The van der Waals surface area contributed by atoms with E-state index in [0.29, 0.717) is 23.1 Å². The number of ether oxygens (including phenoxy) is 1. The monoisotopic (exact) mass is 943 g/mol. The van der Waals surface area contributed by atoms with Crippen LogP contribution in [0.15, 0.2) is 124 Å². The Kier molecular flexibility index (Phi) is 14.2. The van der Waals surface area contributed by atoms with Crippen molar-refractivity contribution in [3.8, 4) is 17.2 Å². The van der Waals surface area contributed by atoms with Gasteiger partial charge in [-0.3, -0.25) is 9.59 Å². The number of amidine groups is 1. The van der Waals surface area contributed by atoms with Crippen molar-refractivity contribution in [2.75, 3.05) is 5.32 Å². The number of amides is 2. The summed E-state index contributed by atoms with van der Waals surface area (Å²) in [5, 5.41) is 34.2. The number of H-pyrrole nitrogens is 1. The number of aromatic carboxylic acids is 2. The molecule has 348 valence electrons. The summed E-state index contributed by atoms with van der Waals surface area (Å²) in [5.41, 5.74) is -0.340. The summed E-state index contributed by atoms with van der Waals surface area (Å²) in [6.07, 6.45) is -2.14. The van der Waals surface area contributed by atoms with Gasteiger partial charge in [0.05, 0.1) is 33.3 Å². The molecule has 0 bridgehead atoms. The lowest BCUT2D eigenvalue weighted by Crippen LogP contribution is -2.37. The highest BCUT2D eigenvalue weighted by Crippen LogP contribution is 2.42. The smallest absolute Gasteiger partial charge is 0.416 e. The largest absolute Gasteiger partial charge is 0.478 e. The number of aromatic amines is 1. The van der Waals surface area contributed by atoms with Crippen molar-refractivity contribution in [3.63, 3.8) is 0 Å². The minimum Gasteiger partial charge on any atom is -0.478 e. The second kappa shape index (κ2) is 20.0. The molecule has 17 heteroatoms. The SMILES string of the molecule is CC1CC(C)C(OC(=O)c2c(NC(=O)c3cccc(C(F)(F)F)c3)[nH]c(C=C3N=C(NC(=O)C(C)Sc4cc(C(=O)O)cc(C(=O)O)c4)C(C#N)=C3c3ccccc3)c2-c2ccccc2)C(C)C1. The number of carbonyl (C=O) groups is 5. The predicted octanol–water partition coefficient (Wildman–Crippen LogP) is 10.6. The van der Waals surface area contributed by atoms with Crippen LogP contribution in [0.4, 0.5) is 19.0 Å². The number of nitriles is 1. The number of carboxylic acid groups (broad SMARTS) is 2. The molecule has 5 aromatic rings. The third-order valence-electron chi connectivity index (χ3n) is 11.7. The third kappa shape index (κ3) is 10.6. The Hall–Kier alpha value is -7.71. The minimum absolute atomic E-state index is 0.0239. The fourth-order valence-corrected chi connectivity index (χ4v) is 9.63. The topological polar surface area (TPSA) is 211 Å². The van der Waals surface area contributed by atoms with Crippen LogP contribution in [0.2, 0.25) is 0 Å². The van der Waals surface area contributed by atoms with Gasteiger partial charge in [-0.05, 0) is 91.1 Å². The highest BCUT2D eigenvalue weighted by molar-refractivity contribution is 8.00. The van der Waals surface area contributed by atoms with Crippen molar-refractivity contribution in [2.45, 2.75) is 63.0 Å². The van der Waals surface area contributed by atoms with E-state index in [1.54, 1.807) is 60.7 Å². The maximum Gasteiger partial charge on any atom is 0.416 e. The third-order valence-corrected chi connectivity index (χ3v) is 12.7. The summed E-state index contributed by atoms with van der Waals surface area (Å²) in [4.78, 5) is 74.1. The van der Waals surface area contributed by atoms with Gasteiger partial charge < -0.3 is 30.6 Å². The normalized spacial score (nSPS) is 19.1. The van der Waals surface area contributed by atoms with E-state index in [1.807, 2.05) is 13.8 Å². The first-order valence-electron chi connectivity index (χ1n) is 21.4. The van der Waals surface area contributed by atoms with Gasteiger partial charge in [0.15, 0.2) is 5.84 Å². The Labute approximate surface area is 392 Å². The second-order valence-electron chi connectivity index (χ2n) is 16.8. The van der Waals surface area contributed by atoms with Crippen LogP contribution in [0.5, 0.6) is 0 Å². The van der Waals surface area contributed by atoms with Crippen LogP contribution in [0.3, 0.4) is 0 Å². The molecule has 1 aromatic heterocycles. The number of alkyl halides is 3. The number of hydrogen-bond acceptors (Lipinski definition) is 9. The molecule has 3 atom stereocenters. The molecule has 0 saturated heterocycles. The highest BCUT2D eigenvalue weighted by Gasteiger charge is 2.37. The molecule has 1 saturated carbocycles. The Morgan fingerprint density at radius 2 is 1.44 bits per heavy atom. The maximum atomic E-state index is 14.8. The van der Waals surface area contributed by atoms with Gasteiger partial charge in [0, 0.05) is 21.6 Å². The number of carboxylic acids is 2. The number of benzene rings is 4. The van der Waals surface area contributed by atoms with E-state index in [0.717, 1.165) is 42.8 Å². The Morgan fingerprint density at radius 3 is 2.01 bits per heavy atom. The average molecular weight is 944 g/mol. The Bertz CT molecular complexity index is 2910. The van der Waals surface area contributed by atoms with Crippen LogP contribution < -0.4 is 10.6 Å². The van der Waals surface area contributed by atoms with Crippen molar-refractivity contribution in [3.05, 3.63) is 153 Å². The van der Waals surface area contributed by atoms with Gasteiger partial charge in [-0.15, -0.1) is 11.8 Å². The van der Waals surface area contributed by atoms with Crippen molar-refractivity contribution in [2.24, 2.45) is 22.7 Å². The lowest BCUT2D eigenvalue weighted by atomic mass is 9.75. The number of rotatable bonds is 12. The number of thioether (sulfide) groups is 1. The standard InChI is InChI=1S/C51H44F3N5O8S/c1-26-18-27(2)43(28(3)19-26)67-50(66)42-41(31-14-9-6-10-15-31)39(57-45(42)59-47(61)32-16-11-17-35(21-32)51(52,53)54)24-38-40(30-12-7-5-8-13-30)37(25-55)44(56-38)58-46(60)29(4)68-36-22-33(48(62)63)20-34(23-36)49(64)65/h5-17,20-24,26-29,43,57H,18-19H2,1-4H3,(H,59,61)(H,62,63)(H,64,65)(H,56,58,60). The van der Waals surface area contributed by atoms with Crippen LogP contribution in [-0.2, 0) is 15.7 Å². The summed E-state index contributed by atoms with van der Waals surface area (Å²) >= 11 is 0.886. The molecule has 1 aliphatic heterocycles. The maximum absolute atomic E-state index is 14.8. The number of nitrogens with one attached hydrogen (secondary N) is 3. The van der Waals surface area contributed by atoms with Crippen molar-refractivity contribution in [1.82, 2.24) is 10.3 Å². The van der Waals surface area contributed by atoms with Crippen LogP contribution in [0.1, 0.15) is 98.8 Å². The van der Waals surface area contributed by atoms with E-state index < -0.39 is 52.8 Å². The van der Waals surface area contributed by atoms with Gasteiger partial charge in [-0.2, -0.15) is 18.4 Å². The fourth-order valence-electron chi connectivity index (χ4n) is 8.67. The molecule has 2 aliphatic rings. The first-order chi connectivity index (χ1) is 32.3. The number of esters is 1. The summed E-state index contributed by atoms with van der Waals surface area (Å²) in [6, 6.07) is 26.8. The zero-order valence-electron chi connectivity index (χ0n) is 37.0. The fraction of sp³-hybridized carbons (Fsp3) is 0.235. The first-order valence-corrected chi connectivity index (χ1v) is 22.3. The van der Waals surface area contributed by atoms with Gasteiger partial charge in [0.1, 0.15) is 29.1 Å². The lowest BCUT2D eigenvalue weighted by molar-refractivity contribution is -0.137. The number of hydrogen-bond donors (Lipinski definition) is 5. The van der Waals surface area contributed by atoms with Crippen molar-refractivity contribution < 1.29 is 52.1 Å². The molecule has 13 nitrogen and oxygen atoms in total. The number of aromatic nitrogens is 1. The van der Waals surface area contributed by atoms with Gasteiger partial charge in [0.2, 0.25) is 5.91 Å². The summed E-state index contributed by atoms with van der Waals surface area (Å²) in [6.45, 7) is 7.63. The van der Waals surface area contributed by atoms with E-state index in [9.17, 15) is 52.6 Å². The molecule has 2 heterocycles. The number of anilines is 1. The Morgan fingerprint density at radius 1 is 0.838 bits per heavy atom. The number of allylic oxidation sites excluding steroid dienone is 1. The molecule has 1 fully saturated rings. The number of aliphatic imine (C=N–C) groups is 1. The molecule has 4 aromatic carbocycles. The van der Waals surface area contributed by atoms with E-state index in [-0.39, 0.29) is 78.7 Å². The van der Waals surface area contributed by atoms with Gasteiger partial charge >= 0.3 is 24.1 Å². The molecule has 68 heavy (non-hydrogen) atoms. The zero-order chi connectivity index (χ0) is 49.0. The molecule has 2 amide bonds. The summed E-state index contributed by atoms with van der Waals surface area (Å²) in [7, 11) is 0. The van der Waals surface area contributed by atoms with E-state index >= 15 is 0 Å². The van der Waals surface area contributed by atoms with Crippen LogP contribution in [-0.4, -0.2) is 62.1 Å². The molecule has 0 spiro atoms. The number of halogens is 3.